The molecule has 0 spiro atoms. The Morgan fingerprint density at radius 3 is 2.68 bits per heavy atom. The summed E-state index contributed by atoms with van der Waals surface area (Å²) in [5.41, 5.74) is 4.59. The number of hydrogen-bond donors (Lipinski definition) is 1. The number of carbonyl (C=O) groups is 1. The summed E-state index contributed by atoms with van der Waals surface area (Å²) in [6, 6.07) is 3.91. The fourth-order valence-corrected chi connectivity index (χ4v) is 2.41. The SMILES string of the molecule is C=C(CC(C)C)c1n[nH]c2cc(C)c(C(C)=O)cc12. The monoisotopic (exact) mass is 256 g/mol. The number of carbonyl (C=O) groups excluding carboxylic acids is 1. The number of aromatic amines is 1. The number of aryl methyl sites for hydroxylation is 1. The largest absolute Gasteiger partial charge is 0.295 e. The van der Waals surface area contributed by atoms with Gasteiger partial charge in [0.2, 0.25) is 0 Å². The molecule has 1 heterocycles. The van der Waals surface area contributed by atoms with Crippen molar-refractivity contribution in [2.24, 2.45) is 5.92 Å². The van der Waals surface area contributed by atoms with E-state index in [9.17, 15) is 4.79 Å². The Hall–Kier alpha value is -1.90. The van der Waals surface area contributed by atoms with Gasteiger partial charge in [-0.3, -0.25) is 9.89 Å². The number of hydrogen-bond acceptors (Lipinski definition) is 2. The van der Waals surface area contributed by atoms with Crippen LogP contribution >= 0.6 is 0 Å². The van der Waals surface area contributed by atoms with Crippen LogP contribution in [0.3, 0.4) is 0 Å². The highest BCUT2D eigenvalue weighted by Crippen LogP contribution is 2.28. The topological polar surface area (TPSA) is 45.8 Å². The molecule has 0 fully saturated rings. The lowest BCUT2D eigenvalue weighted by Crippen LogP contribution is -1.96. The molecule has 0 bridgehead atoms. The van der Waals surface area contributed by atoms with Crippen molar-refractivity contribution < 1.29 is 4.79 Å². The highest BCUT2D eigenvalue weighted by molar-refractivity contribution is 6.01. The van der Waals surface area contributed by atoms with Crippen molar-refractivity contribution in [1.82, 2.24) is 10.2 Å². The number of aromatic nitrogens is 2. The zero-order valence-electron chi connectivity index (χ0n) is 12.0. The van der Waals surface area contributed by atoms with Crippen molar-refractivity contribution in [2.45, 2.75) is 34.1 Å². The van der Waals surface area contributed by atoms with E-state index < -0.39 is 0 Å². The maximum Gasteiger partial charge on any atom is 0.160 e. The fourth-order valence-electron chi connectivity index (χ4n) is 2.41. The smallest absolute Gasteiger partial charge is 0.160 e. The lowest BCUT2D eigenvalue weighted by Gasteiger charge is -2.07. The van der Waals surface area contributed by atoms with Gasteiger partial charge in [-0.15, -0.1) is 0 Å². The summed E-state index contributed by atoms with van der Waals surface area (Å²) in [6.07, 6.45) is 0.906. The molecular formula is C16H20N2O. The summed E-state index contributed by atoms with van der Waals surface area (Å²) in [4.78, 5) is 11.6. The Balaban J connectivity index is 2.55. The second kappa shape index (κ2) is 5.00. The van der Waals surface area contributed by atoms with Gasteiger partial charge in [-0.25, -0.2) is 0 Å². The molecule has 0 saturated heterocycles. The molecule has 1 aromatic carbocycles. The number of H-pyrrole nitrogens is 1. The molecule has 3 nitrogen and oxygen atoms in total. The zero-order chi connectivity index (χ0) is 14.2. The first kappa shape index (κ1) is 13.5. The molecule has 100 valence electrons. The Labute approximate surface area is 113 Å². The number of Topliss-reactive ketones (excluding diaryl/α,β-unsaturated/α-hetero) is 1. The van der Waals surface area contributed by atoms with Gasteiger partial charge in [-0.05, 0) is 49.5 Å². The minimum atomic E-state index is 0.0843. The minimum Gasteiger partial charge on any atom is -0.295 e. The van der Waals surface area contributed by atoms with E-state index in [1.165, 1.54) is 0 Å². The number of nitrogens with one attached hydrogen (secondary N) is 1. The van der Waals surface area contributed by atoms with Gasteiger partial charge in [0.05, 0.1) is 11.2 Å². The maximum atomic E-state index is 11.6. The van der Waals surface area contributed by atoms with Crippen molar-refractivity contribution in [1.29, 1.82) is 0 Å². The number of benzene rings is 1. The molecule has 0 aliphatic carbocycles. The van der Waals surface area contributed by atoms with E-state index in [0.29, 0.717) is 5.92 Å². The number of ketones is 1. The first-order valence-electron chi connectivity index (χ1n) is 6.58. The molecule has 2 rings (SSSR count). The molecule has 0 saturated carbocycles. The molecule has 1 N–H and O–H groups in total. The normalized spacial score (nSPS) is 11.2. The van der Waals surface area contributed by atoms with E-state index in [1.54, 1.807) is 6.92 Å². The van der Waals surface area contributed by atoms with Gasteiger partial charge in [-0.2, -0.15) is 5.10 Å². The van der Waals surface area contributed by atoms with Crippen molar-refractivity contribution in [3.05, 3.63) is 35.5 Å². The lowest BCUT2D eigenvalue weighted by atomic mass is 9.97. The van der Waals surface area contributed by atoms with Gasteiger partial charge in [0, 0.05) is 10.9 Å². The van der Waals surface area contributed by atoms with Crippen molar-refractivity contribution in [3.8, 4) is 0 Å². The van der Waals surface area contributed by atoms with Crippen molar-refractivity contribution in [2.75, 3.05) is 0 Å². The van der Waals surface area contributed by atoms with E-state index >= 15 is 0 Å². The average molecular weight is 256 g/mol. The third-order valence-electron chi connectivity index (χ3n) is 3.28. The predicted octanol–water partition coefficient (Wildman–Crippen LogP) is 4.13. The first-order chi connectivity index (χ1) is 8.90. The van der Waals surface area contributed by atoms with Crippen LogP contribution in [-0.2, 0) is 0 Å². The van der Waals surface area contributed by atoms with E-state index in [-0.39, 0.29) is 5.78 Å². The van der Waals surface area contributed by atoms with Crippen LogP contribution in [0.1, 0.15) is 48.8 Å². The molecule has 0 aliphatic heterocycles. The Morgan fingerprint density at radius 1 is 1.42 bits per heavy atom. The zero-order valence-corrected chi connectivity index (χ0v) is 12.0. The van der Waals surface area contributed by atoms with Crippen LogP contribution < -0.4 is 0 Å². The lowest BCUT2D eigenvalue weighted by molar-refractivity contribution is 0.101. The molecule has 0 unspecified atom stereocenters. The molecule has 0 atom stereocenters. The van der Waals surface area contributed by atoms with Crippen LogP contribution in [0, 0.1) is 12.8 Å². The maximum absolute atomic E-state index is 11.6. The van der Waals surface area contributed by atoms with Gasteiger partial charge in [0.15, 0.2) is 5.78 Å². The van der Waals surface area contributed by atoms with Crippen molar-refractivity contribution in [3.63, 3.8) is 0 Å². The second-order valence-electron chi connectivity index (χ2n) is 5.54. The molecule has 2 aromatic rings. The molecule has 19 heavy (non-hydrogen) atoms. The molecule has 0 radical (unpaired) electrons. The minimum absolute atomic E-state index is 0.0843. The highest BCUT2D eigenvalue weighted by Gasteiger charge is 2.13. The Morgan fingerprint density at radius 2 is 2.11 bits per heavy atom. The van der Waals surface area contributed by atoms with Gasteiger partial charge in [0.1, 0.15) is 0 Å². The van der Waals surface area contributed by atoms with Crippen LogP contribution in [0.5, 0.6) is 0 Å². The van der Waals surface area contributed by atoms with Crippen molar-refractivity contribution >= 4 is 22.3 Å². The summed E-state index contributed by atoms with van der Waals surface area (Å²) in [6.45, 7) is 12.0. The number of rotatable bonds is 4. The van der Waals surface area contributed by atoms with E-state index in [1.807, 2.05) is 19.1 Å². The summed E-state index contributed by atoms with van der Waals surface area (Å²) in [5.74, 6) is 0.623. The van der Waals surface area contributed by atoms with Gasteiger partial charge < -0.3 is 0 Å². The third kappa shape index (κ3) is 2.60. The van der Waals surface area contributed by atoms with Crippen LogP contribution in [0.25, 0.3) is 16.5 Å². The first-order valence-corrected chi connectivity index (χ1v) is 6.58. The quantitative estimate of drug-likeness (QED) is 0.836. The summed E-state index contributed by atoms with van der Waals surface area (Å²) in [5, 5.41) is 8.37. The molecule has 1 aromatic heterocycles. The van der Waals surface area contributed by atoms with E-state index in [2.05, 4.69) is 30.6 Å². The van der Waals surface area contributed by atoms with Gasteiger partial charge in [0.25, 0.3) is 0 Å². The summed E-state index contributed by atoms with van der Waals surface area (Å²) in [7, 11) is 0. The number of allylic oxidation sites excluding steroid dienone is 1. The third-order valence-corrected chi connectivity index (χ3v) is 3.28. The Kier molecular flexibility index (Phi) is 3.56. The predicted molar refractivity (Wildman–Crippen MR) is 79.3 cm³/mol. The van der Waals surface area contributed by atoms with Crippen LogP contribution in [-0.4, -0.2) is 16.0 Å². The number of nitrogens with zero attached hydrogens (tertiary/aromatic N) is 1. The van der Waals surface area contributed by atoms with Crippen LogP contribution in [0.15, 0.2) is 18.7 Å². The molecule has 0 amide bonds. The molecular weight excluding hydrogens is 236 g/mol. The highest BCUT2D eigenvalue weighted by atomic mass is 16.1. The Bertz CT molecular complexity index is 650. The summed E-state index contributed by atoms with van der Waals surface area (Å²) < 4.78 is 0. The number of fused-ring (bicyclic) bond motifs is 1. The summed E-state index contributed by atoms with van der Waals surface area (Å²) >= 11 is 0. The van der Waals surface area contributed by atoms with E-state index in [0.717, 1.165) is 39.7 Å². The second-order valence-corrected chi connectivity index (χ2v) is 5.54. The van der Waals surface area contributed by atoms with Gasteiger partial charge in [-0.1, -0.05) is 20.4 Å². The standard InChI is InChI=1S/C16H20N2O/c1-9(2)6-11(4)16-14-8-13(12(5)19)10(3)7-15(14)17-18-16/h7-9H,4,6H2,1-3,5H3,(H,17,18). The van der Waals surface area contributed by atoms with Gasteiger partial charge >= 0.3 is 0 Å². The fraction of sp³-hybridized carbons (Fsp3) is 0.375. The average Bonchev–Trinajstić information content (AvgIpc) is 2.69. The van der Waals surface area contributed by atoms with Crippen LogP contribution in [0.2, 0.25) is 0 Å². The molecule has 3 heteroatoms. The molecule has 0 aliphatic rings. The van der Waals surface area contributed by atoms with Crippen LogP contribution in [0.4, 0.5) is 0 Å². The van der Waals surface area contributed by atoms with E-state index in [4.69, 9.17) is 0 Å².